The summed E-state index contributed by atoms with van der Waals surface area (Å²) in [6, 6.07) is 10.2. The lowest BCUT2D eigenvalue weighted by molar-refractivity contribution is -0.384. The van der Waals surface area contributed by atoms with Crippen LogP contribution in [-0.4, -0.2) is 40.7 Å². The minimum atomic E-state index is -0.539. The van der Waals surface area contributed by atoms with Crippen molar-refractivity contribution >= 4 is 23.5 Å². The maximum absolute atomic E-state index is 13.1. The van der Waals surface area contributed by atoms with Crippen LogP contribution in [0, 0.1) is 15.9 Å². The van der Waals surface area contributed by atoms with E-state index in [1.165, 1.54) is 53.6 Å². The van der Waals surface area contributed by atoms with Crippen molar-refractivity contribution in [2.24, 2.45) is 5.10 Å². The van der Waals surface area contributed by atoms with Gasteiger partial charge in [0.15, 0.2) is 0 Å². The molecule has 29 heavy (non-hydrogen) atoms. The number of rotatable bonds is 6. The molecule has 1 amide bonds. The Balaban J connectivity index is 1.76. The number of hydrazone groups is 1. The van der Waals surface area contributed by atoms with Crippen LogP contribution in [0.3, 0.4) is 0 Å². The summed E-state index contributed by atoms with van der Waals surface area (Å²) < 4.78 is 14.6. The molecule has 0 bridgehead atoms. The van der Waals surface area contributed by atoms with Crippen LogP contribution in [0.15, 0.2) is 60.1 Å². The van der Waals surface area contributed by atoms with Crippen molar-refractivity contribution in [1.29, 1.82) is 0 Å². The molecule has 0 fully saturated rings. The summed E-state index contributed by atoms with van der Waals surface area (Å²) in [7, 11) is 3.42. The molecule has 0 aliphatic heterocycles. The average molecular weight is 396 g/mol. The summed E-state index contributed by atoms with van der Waals surface area (Å²) in [4.78, 5) is 28.7. The maximum atomic E-state index is 13.1. The largest absolute Gasteiger partial charge is 0.372 e. The van der Waals surface area contributed by atoms with E-state index in [1.54, 1.807) is 31.1 Å². The van der Waals surface area contributed by atoms with Gasteiger partial charge in [0.1, 0.15) is 17.2 Å². The molecule has 0 aliphatic rings. The number of benzene rings is 2. The minimum absolute atomic E-state index is 0.0698. The third-order valence-electron chi connectivity index (χ3n) is 4.03. The smallest absolute Gasteiger partial charge is 0.293 e. The highest BCUT2D eigenvalue weighted by molar-refractivity contribution is 5.94. The van der Waals surface area contributed by atoms with E-state index < -0.39 is 10.8 Å². The normalized spacial score (nSPS) is 10.9. The Bertz CT molecular complexity index is 1080. The van der Waals surface area contributed by atoms with Crippen LogP contribution in [0.2, 0.25) is 0 Å². The Hall–Kier alpha value is -4.08. The quantitative estimate of drug-likeness (QED) is 0.392. The van der Waals surface area contributed by atoms with Crippen LogP contribution in [0.1, 0.15) is 16.1 Å². The number of nitrogens with zero attached hydrogens (tertiary/aromatic N) is 5. The molecular formula is C19H17FN6O3. The van der Waals surface area contributed by atoms with Gasteiger partial charge in [-0.05, 0) is 30.3 Å². The fourth-order valence-corrected chi connectivity index (χ4v) is 2.64. The van der Waals surface area contributed by atoms with E-state index in [9.17, 15) is 19.3 Å². The Morgan fingerprint density at radius 2 is 2.00 bits per heavy atom. The van der Waals surface area contributed by atoms with Gasteiger partial charge in [-0.25, -0.2) is 14.8 Å². The molecule has 0 spiro atoms. The summed E-state index contributed by atoms with van der Waals surface area (Å²) in [5.74, 6) is -0.929. The number of amides is 1. The molecule has 0 radical (unpaired) electrons. The number of carbonyl (C=O) groups excluding carboxylic acids is 1. The molecular weight excluding hydrogens is 379 g/mol. The highest BCUT2D eigenvalue weighted by Crippen LogP contribution is 2.27. The molecule has 10 heteroatoms. The van der Waals surface area contributed by atoms with Gasteiger partial charge in [-0.3, -0.25) is 19.5 Å². The standard InChI is InChI=1S/C19H17FN6O3/c1-24(2)16-8-3-13(9-17(16)26(28)29)10-22-23-19(27)18-11-21-12-25(18)15-6-4-14(20)5-7-15/h3-12H,1-2H3,(H,23,27)/b22-10+. The Labute approximate surface area is 165 Å². The Kier molecular flexibility index (Phi) is 5.63. The zero-order valence-corrected chi connectivity index (χ0v) is 15.6. The number of halogens is 1. The van der Waals surface area contributed by atoms with Gasteiger partial charge < -0.3 is 4.90 Å². The molecule has 1 aromatic heterocycles. The van der Waals surface area contributed by atoms with E-state index in [0.29, 0.717) is 16.9 Å². The van der Waals surface area contributed by atoms with Gasteiger partial charge in [-0.1, -0.05) is 6.07 Å². The Morgan fingerprint density at radius 3 is 2.66 bits per heavy atom. The van der Waals surface area contributed by atoms with E-state index in [-0.39, 0.29) is 17.2 Å². The van der Waals surface area contributed by atoms with Gasteiger partial charge in [0.05, 0.1) is 23.7 Å². The molecule has 3 rings (SSSR count). The second kappa shape index (κ2) is 8.30. The first-order valence-electron chi connectivity index (χ1n) is 8.44. The fraction of sp³-hybridized carbons (Fsp3) is 0.105. The van der Waals surface area contributed by atoms with Crippen LogP contribution in [0.4, 0.5) is 15.8 Å². The van der Waals surface area contributed by atoms with Crippen molar-refractivity contribution in [3.63, 3.8) is 0 Å². The average Bonchev–Trinajstić information content (AvgIpc) is 3.18. The summed E-state index contributed by atoms with van der Waals surface area (Å²) in [5, 5.41) is 15.1. The number of anilines is 1. The number of hydrogen-bond acceptors (Lipinski definition) is 6. The molecule has 148 valence electrons. The van der Waals surface area contributed by atoms with Crippen LogP contribution in [0.5, 0.6) is 0 Å². The molecule has 3 aromatic rings. The van der Waals surface area contributed by atoms with Crippen molar-refractivity contribution < 1.29 is 14.1 Å². The second-order valence-corrected chi connectivity index (χ2v) is 6.22. The molecule has 9 nitrogen and oxygen atoms in total. The SMILES string of the molecule is CN(C)c1ccc(/C=N/NC(=O)c2cncn2-c2ccc(F)cc2)cc1[N+](=O)[O-]. The monoisotopic (exact) mass is 396 g/mol. The van der Waals surface area contributed by atoms with Gasteiger partial charge in [-0.15, -0.1) is 0 Å². The molecule has 1 N–H and O–H groups in total. The zero-order valence-electron chi connectivity index (χ0n) is 15.6. The molecule has 2 aromatic carbocycles. The molecule has 0 atom stereocenters. The van der Waals surface area contributed by atoms with Gasteiger partial charge >= 0.3 is 0 Å². The lowest BCUT2D eigenvalue weighted by atomic mass is 10.2. The molecule has 1 heterocycles. The third kappa shape index (κ3) is 4.43. The van der Waals surface area contributed by atoms with Crippen LogP contribution >= 0.6 is 0 Å². The van der Waals surface area contributed by atoms with Gasteiger partial charge in [-0.2, -0.15) is 5.10 Å². The number of nitrogens with one attached hydrogen (secondary N) is 1. The first-order chi connectivity index (χ1) is 13.9. The number of hydrogen-bond donors (Lipinski definition) is 1. The summed E-state index contributed by atoms with van der Waals surface area (Å²) >= 11 is 0. The van der Waals surface area contributed by atoms with E-state index in [1.807, 2.05) is 0 Å². The summed E-state index contributed by atoms with van der Waals surface area (Å²) in [5.41, 5.74) is 3.96. The predicted molar refractivity (Wildman–Crippen MR) is 106 cm³/mol. The van der Waals surface area contributed by atoms with Gasteiger partial charge in [0.25, 0.3) is 11.6 Å². The summed E-state index contributed by atoms with van der Waals surface area (Å²) in [6.45, 7) is 0. The minimum Gasteiger partial charge on any atom is -0.372 e. The number of carbonyl (C=O) groups is 1. The van der Waals surface area contributed by atoms with E-state index in [4.69, 9.17) is 0 Å². The lowest BCUT2D eigenvalue weighted by Crippen LogP contribution is -2.20. The predicted octanol–water partition coefficient (Wildman–Crippen LogP) is 2.75. The maximum Gasteiger partial charge on any atom is 0.293 e. The highest BCUT2D eigenvalue weighted by atomic mass is 19.1. The van der Waals surface area contributed by atoms with Crippen molar-refractivity contribution in [3.05, 3.63) is 82.2 Å². The number of aromatic nitrogens is 2. The first kappa shape index (κ1) is 19.7. The van der Waals surface area contributed by atoms with Crippen LogP contribution < -0.4 is 10.3 Å². The van der Waals surface area contributed by atoms with E-state index in [0.717, 1.165) is 0 Å². The number of nitro benzene ring substituents is 1. The van der Waals surface area contributed by atoms with E-state index >= 15 is 0 Å². The number of imidazole rings is 1. The van der Waals surface area contributed by atoms with Gasteiger partial charge in [0.2, 0.25) is 0 Å². The van der Waals surface area contributed by atoms with E-state index in [2.05, 4.69) is 15.5 Å². The molecule has 0 unspecified atom stereocenters. The molecule has 0 aliphatic carbocycles. The second-order valence-electron chi connectivity index (χ2n) is 6.22. The zero-order chi connectivity index (χ0) is 21.0. The van der Waals surface area contributed by atoms with Gasteiger partial charge in [0, 0.05) is 31.4 Å². The lowest BCUT2D eigenvalue weighted by Gasteiger charge is -2.12. The fourth-order valence-electron chi connectivity index (χ4n) is 2.64. The van der Waals surface area contributed by atoms with Crippen molar-refractivity contribution in [2.45, 2.75) is 0 Å². The number of nitro groups is 1. The molecule has 0 saturated heterocycles. The first-order valence-corrected chi connectivity index (χ1v) is 8.44. The van der Waals surface area contributed by atoms with Crippen molar-refractivity contribution in [3.8, 4) is 5.69 Å². The highest BCUT2D eigenvalue weighted by Gasteiger charge is 2.16. The van der Waals surface area contributed by atoms with Crippen molar-refractivity contribution in [2.75, 3.05) is 19.0 Å². The third-order valence-corrected chi connectivity index (χ3v) is 4.03. The van der Waals surface area contributed by atoms with Crippen LogP contribution in [0.25, 0.3) is 5.69 Å². The summed E-state index contributed by atoms with van der Waals surface area (Å²) in [6.07, 6.45) is 4.09. The Morgan fingerprint density at radius 1 is 1.28 bits per heavy atom. The van der Waals surface area contributed by atoms with Crippen LogP contribution in [-0.2, 0) is 0 Å². The molecule has 0 saturated carbocycles. The topological polar surface area (TPSA) is 106 Å². The van der Waals surface area contributed by atoms with Crippen molar-refractivity contribution in [1.82, 2.24) is 15.0 Å².